The van der Waals surface area contributed by atoms with Crippen LogP contribution in [-0.4, -0.2) is 23.7 Å². The van der Waals surface area contributed by atoms with Gasteiger partial charge in [0.2, 0.25) is 0 Å². The van der Waals surface area contributed by atoms with Crippen LogP contribution in [0.25, 0.3) is 0 Å². The molecule has 0 spiro atoms. The predicted octanol–water partition coefficient (Wildman–Crippen LogP) is 2.79. The van der Waals surface area contributed by atoms with Gasteiger partial charge in [-0.15, -0.1) is 0 Å². The van der Waals surface area contributed by atoms with E-state index in [-0.39, 0.29) is 11.3 Å². The van der Waals surface area contributed by atoms with Crippen LogP contribution in [0.2, 0.25) is 0 Å². The number of hydrogen-bond donors (Lipinski definition) is 3. The smallest absolute Gasteiger partial charge is 0.330 e. The SMILES string of the molecule is CC(CNC(=O)N[C@@H](C(=O)O)c1ccccc1)C(C)(C)C. The highest BCUT2D eigenvalue weighted by atomic mass is 16.4. The molecule has 0 aliphatic rings. The maximum Gasteiger partial charge on any atom is 0.330 e. The molecule has 5 heteroatoms. The zero-order valence-electron chi connectivity index (χ0n) is 13.0. The van der Waals surface area contributed by atoms with E-state index >= 15 is 0 Å². The molecule has 0 heterocycles. The molecule has 116 valence electrons. The number of carboxylic acid groups (broad SMARTS) is 1. The lowest BCUT2D eigenvalue weighted by molar-refractivity contribution is -0.139. The Hall–Kier alpha value is -2.04. The Morgan fingerprint density at radius 3 is 2.24 bits per heavy atom. The van der Waals surface area contributed by atoms with Crippen LogP contribution >= 0.6 is 0 Å². The summed E-state index contributed by atoms with van der Waals surface area (Å²) in [5, 5.41) is 14.5. The minimum Gasteiger partial charge on any atom is -0.479 e. The van der Waals surface area contributed by atoms with Crippen LogP contribution in [0.4, 0.5) is 4.79 Å². The predicted molar refractivity (Wildman–Crippen MR) is 82.0 cm³/mol. The summed E-state index contributed by atoms with van der Waals surface area (Å²) in [5.41, 5.74) is 0.628. The highest BCUT2D eigenvalue weighted by molar-refractivity contribution is 5.83. The van der Waals surface area contributed by atoms with Crippen molar-refractivity contribution in [3.63, 3.8) is 0 Å². The quantitative estimate of drug-likeness (QED) is 0.781. The summed E-state index contributed by atoms with van der Waals surface area (Å²) in [6.07, 6.45) is 0. The lowest BCUT2D eigenvalue weighted by Gasteiger charge is -2.27. The number of aliphatic carboxylic acids is 1. The molecule has 0 saturated carbocycles. The first-order valence-electron chi connectivity index (χ1n) is 7.04. The first-order chi connectivity index (χ1) is 9.71. The van der Waals surface area contributed by atoms with Crippen LogP contribution in [0.1, 0.15) is 39.3 Å². The van der Waals surface area contributed by atoms with E-state index in [0.29, 0.717) is 12.1 Å². The fraction of sp³-hybridized carbons (Fsp3) is 0.500. The van der Waals surface area contributed by atoms with Crippen LogP contribution < -0.4 is 10.6 Å². The molecule has 1 rings (SSSR count). The first kappa shape index (κ1) is 17.0. The van der Waals surface area contributed by atoms with E-state index in [4.69, 9.17) is 0 Å². The third-order valence-electron chi connectivity index (χ3n) is 3.70. The second-order valence-electron chi connectivity index (χ2n) is 6.30. The Bertz CT molecular complexity index is 480. The van der Waals surface area contributed by atoms with Crippen molar-refractivity contribution in [3.05, 3.63) is 35.9 Å². The van der Waals surface area contributed by atoms with Gasteiger partial charge in [0.25, 0.3) is 0 Å². The average Bonchev–Trinajstić information content (AvgIpc) is 2.41. The van der Waals surface area contributed by atoms with E-state index in [2.05, 4.69) is 31.4 Å². The molecule has 2 atom stereocenters. The number of carbonyl (C=O) groups excluding carboxylic acids is 1. The lowest BCUT2D eigenvalue weighted by Crippen LogP contribution is -2.43. The van der Waals surface area contributed by atoms with Gasteiger partial charge >= 0.3 is 12.0 Å². The Balaban J connectivity index is 2.61. The lowest BCUT2D eigenvalue weighted by atomic mass is 9.82. The summed E-state index contributed by atoms with van der Waals surface area (Å²) in [6, 6.07) is 7.12. The summed E-state index contributed by atoms with van der Waals surface area (Å²) < 4.78 is 0. The molecule has 2 amide bonds. The van der Waals surface area contributed by atoms with Crippen molar-refractivity contribution in [2.45, 2.75) is 33.7 Å². The highest BCUT2D eigenvalue weighted by Gasteiger charge is 2.23. The van der Waals surface area contributed by atoms with Crippen LogP contribution in [0.15, 0.2) is 30.3 Å². The highest BCUT2D eigenvalue weighted by Crippen LogP contribution is 2.24. The van der Waals surface area contributed by atoms with Crippen LogP contribution in [0.3, 0.4) is 0 Å². The van der Waals surface area contributed by atoms with Crippen molar-refractivity contribution in [3.8, 4) is 0 Å². The Kier molecular flexibility index (Phi) is 5.76. The van der Waals surface area contributed by atoms with Crippen LogP contribution in [-0.2, 0) is 4.79 Å². The molecule has 21 heavy (non-hydrogen) atoms. The standard InChI is InChI=1S/C16H24N2O3/c1-11(16(2,3)4)10-17-15(21)18-13(14(19)20)12-8-6-5-7-9-12/h5-9,11,13H,10H2,1-4H3,(H,19,20)(H2,17,18,21)/t11?,13-/m1/s1. The average molecular weight is 292 g/mol. The molecule has 0 aliphatic heterocycles. The van der Waals surface area contributed by atoms with Crippen molar-refractivity contribution in [2.24, 2.45) is 11.3 Å². The van der Waals surface area contributed by atoms with E-state index in [1.807, 2.05) is 6.92 Å². The normalized spacial score (nSPS) is 14.1. The van der Waals surface area contributed by atoms with Crippen molar-refractivity contribution in [1.29, 1.82) is 0 Å². The molecule has 0 fully saturated rings. The monoisotopic (exact) mass is 292 g/mol. The van der Waals surface area contributed by atoms with Crippen molar-refractivity contribution in [1.82, 2.24) is 10.6 Å². The Morgan fingerprint density at radius 2 is 1.76 bits per heavy atom. The van der Waals surface area contributed by atoms with Crippen LogP contribution in [0.5, 0.6) is 0 Å². The number of carboxylic acids is 1. The maximum atomic E-state index is 11.9. The molecule has 5 nitrogen and oxygen atoms in total. The van der Waals surface area contributed by atoms with Gasteiger partial charge in [0.05, 0.1) is 0 Å². The van der Waals surface area contributed by atoms with Gasteiger partial charge in [-0.25, -0.2) is 9.59 Å². The molecule has 3 N–H and O–H groups in total. The van der Waals surface area contributed by atoms with Gasteiger partial charge in [0.15, 0.2) is 6.04 Å². The Morgan fingerprint density at radius 1 is 1.19 bits per heavy atom. The van der Waals surface area contributed by atoms with Gasteiger partial charge in [-0.2, -0.15) is 0 Å². The largest absolute Gasteiger partial charge is 0.479 e. The molecule has 1 aromatic carbocycles. The third kappa shape index (κ3) is 5.45. The molecule has 0 bridgehead atoms. The molecule has 0 saturated heterocycles. The van der Waals surface area contributed by atoms with Gasteiger partial charge in [-0.1, -0.05) is 58.0 Å². The minimum atomic E-state index is -1.08. The second-order valence-corrected chi connectivity index (χ2v) is 6.30. The number of carbonyl (C=O) groups is 2. The molecular formula is C16H24N2O3. The van der Waals surface area contributed by atoms with E-state index in [1.165, 1.54) is 0 Å². The summed E-state index contributed by atoms with van der Waals surface area (Å²) in [7, 11) is 0. The number of rotatable bonds is 5. The molecule has 0 aromatic heterocycles. The summed E-state index contributed by atoms with van der Waals surface area (Å²) in [4.78, 5) is 23.2. The summed E-state index contributed by atoms with van der Waals surface area (Å²) in [6.45, 7) is 8.84. The molecular weight excluding hydrogens is 268 g/mol. The second kappa shape index (κ2) is 7.11. The number of amides is 2. The number of nitrogens with one attached hydrogen (secondary N) is 2. The topological polar surface area (TPSA) is 78.4 Å². The van der Waals surface area contributed by atoms with Crippen molar-refractivity contribution >= 4 is 12.0 Å². The van der Waals surface area contributed by atoms with Gasteiger partial charge in [0, 0.05) is 6.54 Å². The van der Waals surface area contributed by atoms with E-state index in [0.717, 1.165) is 0 Å². The van der Waals surface area contributed by atoms with Crippen LogP contribution in [0, 0.1) is 11.3 Å². The molecule has 0 aliphatic carbocycles. The van der Waals surface area contributed by atoms with Gasteiger partial charge in [-0.3, -0.25) is 0 Å². The van der Waals surface area contributed by atoms with E-state index in [9.17, 15) is 14.7 Å². The number of urea groups is 1. The minimum absolute atomic E-state index is 0.0823. The third-order valence-corrected chi connectivity index (χ3v) is 3.70. The van der Waals surface area contributed by atoms with Crippen molar-refractivity contribution < 1.29 is 14.7 Å². The van der Waals surface area contributed by atoms with Crippen molar-refractivity contribution in [2.75, 3.05) is 6.54 Å². The number of benzene rings is 1. The molecule has 1 aromatic rings. The van der Waals surface area contributed by atoms with E-state index in [1.54, 1.807) is 30.3 Å². The molecule has 1 unspecified atom stereocenters. The maximum absolute atomic E-state index is 11.9. The zero-order valence-corrected chi connectivity index (χ0v) is 13.0. The number of hydrogen-bond acceptors (Lipinski definition) is 2. The zero-order chi connectivity index (χ0) is 16.0. The fourth-order valence-electron chi connectivity index (χ4n) is 1.67. The van der Waals surface area contributed by atoms with Gasteiger partial charge in [-0.05, 0) is 16.9 Å². The first-order valence-corrected chi connectivity index (χ1v) is 7.04. The molecule has 0 radical (unpaired) electrons. The Labute approximate surface area is 125 Å². The van der Waals surface area contributed by atoms with Gasteiger partial charge < -0.3 is 15.7 Å². The summed E-state index contributed by atoms with van der Waals surface area (Å²) in [5.74, 6) is -0.802. The van der Waals surface area contributed by atoms with E-state index < -0.39 is 18.0 Å². The summed E-state index contributed by atoms with van der Waals surface area (Å²) >= 11 is 0. The van der Waals surface area contributed by atoms with Gasteiger partial charge in [0.1, 0.15) is 0 Å². The fourth-order valence-corrected chi connectivity index (χ4v) is 1.67.